The second-order valence-corrected chi connectivity index (χ2v) is 15.4. The Bertz CT molecular complexity index is 1640. The van der Waals surface area contributed by atoms with E-state index in [4.69, 9.17) is 37.5 Å². The van der Waals surface area contributed by atoms with Crippen molar-refractivity contribution in [3.8, 4) is 0 Å². The number of nitrogens with two attached hydrogens (primary N) is 1. The number of carboxylic acids is 1. The van der Waals surface area contributed by atoms with E-state index in [9.17, 15) is 9.59 Å². The topological polar surface area (TPSA) is 95.7 Å². The summed E-state index contributed by atoms with van der Waals surface area (Å²) in [4.78, 5) is 25.6. The first-order chi connectivity index (χ1) is 23.8. The summed E-state index contributed by atoms with van der Waals surface area (Å²) < 4.78 is 0.927. The van der Waals surface area contributed by atoms with Crippen LogP contribution in [0.5, 0.6) is 0 Å². The zero-order chi connectivity index (χ0) is 36.3. The number of aliphatic carboxylic acids is 1. The third kappa shape index (κ3) is 10.2. The van der Waals surface area contributed by atoms with E-state index in [1.54, 1.807) is 0 Å². The Morgan fingerprint density at radius 3 is 2.48 bits per heavy atom. The summed E-state index contributed by atoms with van der Waals surface area (Å²) in [6.45, 7) is 10.4. The minimum absolute atomic E-state index is 0.0429. The molecular formula is C42H54ClN3NiO3. The molecule has 0 fully saturated rings. The average molecular weight is 743 g/mol. The molecular weight excluding hydrogens is 689 g/mol. The van der Waals surface area contributed by atoms with Crippen molar-refractivity contribution in [1.29, 1.82) is 0 Å². The molecule has 50 heavy (non-hydrogen) atoms. The first-order valence-electron chi connectivity index (χ1n) is 18.0. The van der Waals surface area contributed by atoms with E-state index in [1.165, 1.54) is 22.5 Å². The standard InChI is InChI=1S/C42H54ClN3O3.Ni/c1-41(2,33-20-7-5-8-21-33)28-16-19-31-17-15-18-32(39(31)43)26-27-37-42(3,4)34-22-10-11-24-36(34)46(37)30-14-6-9-25-38(47)45-29-13-12-23-35(44)40(48)49;/h5,7-8,10-11,16,19-22,24,26-27,35H,6,9,12-15,17-18,23,25,29-30,44H2,1-4H3,(H,45,47)(H,48,49);/b19-16+,32-26+,37-27+;. The number of anilines is 1. The third-order valence-corrected chi connectivity index (χ3v) is 11.3. The number of unbranched alkanes of at least 4 members (excludes halogenated alkanes) is 3. The van der Waals surface area contributed by atoms with E-state index in [1.807, 2.05) is 6.07 Å². The van der Waals surface area contributed by atoms with Gasteiger partial charge in [0.1, 0.15) is 6.04 Å². The van der Waals surface area contributed by atoms with Crippen molar-refractivity contribution in [2.45, 2.75) is 109 Å². The SMILES string of the molecule is CC(C)([C](=[Ni])/C=C/C1=C(Cl)C(=C/C=C2/N(CCCCCC(=O)NCCCCC(N)C(=O)O)c3ccccc3C2(C)C)/CCC1)c1ccccc1. The number of hydrogen-bond acceptors (Lipinski definition) is 4. The third-order valence-electron chi connectivity index (χ3n) is 10.0. The molecule has 1 aliphatic heterocycles. The summed E-state index contributed by atoms with van der Waals surface area (Å²) in [5.41, 5.74) is 12.5. The molecule has 0 radical (unpaired) electrons. The Morgan fingerprint density at radius 1 is 1.02 bits per heavy atom. The first kappa shape index (κ1) is 39.5. The molecule has 6 nitrogen and oxygen atoms in total. The molecule has 8 heteroatoms. The van der Waals surface area contributed by atoms with Crippen LogP contribution in [0.25, 0.3) is 0 Å². The van der Waals surface area contributed by atoms with Crippen molar-refractivity contribution in [1.82, 2.24) is 5.32 Å². The van der Waals surface area contributed by atoms with Gasteiger partial charge >= 0.3 is 218 Å². The molecule has 0 bridgehead atoms. The van der Waals surface area contributed by atoms with Crippen LogP contribution in [0.1, 0.15) is 103 Å². The maximum absolute atomic E-state index is 12.4. The van der Waals surface area contributed by atoms with E-state index < -0.39 is 12.0 Å². The van der Waals surface area contributed by atoms with Crippen LogP contribution in [-0.4, -0.2) is 40.6 Å². The van der Waals surface area contributed by atoms with Gasteiger partial charge in [0.2, 0.25) is 5.91 Å². The predicted molar refractivity (Wildman–Crippen MR) is 204 cm³/mol. The molecule has 1 amide bonds. The second kappa shape index (κ2) is 18.3. The minimum atomic E-state index is -0.983. The molecule has 1 unspecified atom stereocenters. The number of halogens is 1. The van der Waals surface area contributed by atoms with Crippen LogP contribution in [0.4, 0.5) is 5.69 Å². The van der Waals surface area contributed by atoms with Gasteiger partial charge in [0.05, 0.1) is 0 Å². The molecule has 4 N–H and O–H groups in total. The maximum atomic E-state index is 12.4. The van der Waals surface area contributed by atoms with Crippen molar-refractivity contribution in [3.63, 3.8) is 0 Å². The molecule has 1 aliphatic carbocycles. The van der Waals surface area contributed by atoms with Crippen LogP contribution in [0, 0.1) is 0 Å². The van der Waals surface area contributed by atoms with Crippen molar-refractivity contribution in [2.24, 2.45) is 5.73 Å². The summed E-state index contributed by atoms with van der Waals surface area (Å²) in [5, 5.41) is 12.7. The van der Waals surface area contributed by atoms with Gasteiger partial charge < -0.3 is 16.2 Å². The van der Waals surface area contributed by atoms with Crippen molar-refractivity contribution >= 4 is 33.7 Å². The Balaban J connectivity index is 1.38. The Hall–Kier alpha value is -3.25. The van der Waals surface area contributed by atoms with Gasteiger partial charge in [-0.3, -0.25) is 9.59 Å². The number of nitrogens with one attached hydrogen (secondary N) is 1. The van der Waals surface area contributed by atoms with Crippen LogP contribution in [0.2, 0.25) is 0 Å². The van der Waals surface area contributed by atoms with Crippen LogP contribution >= 0.6 is 11.6 Å². The van der Waals surface area contributed by atoms with Gasteiger partial charge in [0.25, 0.3) is 0 Å². The number of allylic oxidation sites excluding steroid dienone is 8. The fourth-order valence-corrected chi connectivity index (χ4v) is 7.33. The van der Waals surface area contributed by atoms with Crippen LogP contribution in [0.15, 0.2) is 101 Å². The molecule has 1 atom stereocenters. The van der Waals surface area contributed by atoms with Crippen molar-refractivity contribution < 1.29 is 29.7 Å². The molecule has 2 aliphatic rings. The molecule has 0 saturated carbocycles. The van der Waals surface area contributed by atoms with Gasteiger partial charge in [-0.2, -0.15) is 0 Å². The van der Waals surface area contributed by atoms with Gasteiger partial charge in [0, 0.05) is 13.0 Å². The summed E-state index contributed by atoms with van der Waals surface area (Å²) >= 11 is 12.6. The van der Waals surface area contributed by atoms with Crippen LogP contribution in [0.3, 0.4) is 0 Å². The van der Waals surface area contributed by atoms with E-state index in [0.29, 0.717) is 25.8 Å². The first-order valence-corrected chi connectivity index (χ1v) is 18.9. The molecule has 4 rings (SSSR count). The van der Waals surface area contributed by atoms with Crippen molar-refractivity contribution in [3.05, 3.63) is 112 Å². The number of carboxylic acid groups (broad SMARTS) is 1. The molecule has 0 aromatic heterocycles. The number of fused-ring (bicyclic) bond motifs is 1. The van der Waals surface area contributed by atoms with E-state index >= 15 is 0 Å². The molecule has 272 valence electrons. The van der Waals surface area contributed by atoms with Crippen molar-refractivity contribution in [2.75, 3.05) is 18.0 Å². The molecule has 0 saturated heterocycles. The molecule has 2 aromatic carbocycles. The van der Waals surface area contributed by atoms with Gasteiger partial charge in [-0.1, -0.05) is 18.6 Å². The Morgan fingerprint density at radius 2 is 1.74 bits per heavy atom. The fraction of sp³-hybridized carbons (Fsp3) is 0.452. The summed E-state index contributed by atoms with van der Waals surface area (Å²) in [6, 6.07) is 18.2. The monoisotopic (exact) mass is 741 g/mol. The summed E-state index contributed by atoms with van der Waals surface area (Å²) in [5.74, 6) is -0.940. The summed E-state index contributed by atoms with van der Waals surface area (Å²) in [7, 11) is 0. The number of carbonyl (C=O) groups excluding carboxylic acids is 1. The Kier molecular flexibility index (Phi) is 14.5. The molecule has 1 heterocycles. The average Bonchev–Trinajstić information content (AvgIpc) is 3.31. The molecule has 2 aromatic rings. The van der Waals surface area contributed by atoms with Gasteiger partial charge in [-0.05, 0) is 25.7 Å². The number of rotatable bonds is 17. The number of benzene rings is 2. The van der Waals surface area contributed by atoms with E-state index in [0.717, 1.165) is 72.2 Å². The number of hydrogen-bond donors (Lipinski definition) is 3. The number of para-hydroxylation sites is 1. The number of nitrogens with zero attached hydrogens (tertiary/aromatic N) is 1. The Labute approximate surface area is 311 Å². The van der Waals surface area contributed by atoms with Gasteiger partial charge in [0.15, 0.2) is 0 Å². The molecule has 0 spiro atoms. The summed E-state index contributed by atoms with van der Waals surface area (Å²) in [6.07, 6.45) is 16.7. The number of amides is 1. The zero-order valence-electron chi connectivity index (χ0n) is 30.1. The normalized spacial score (nSPS) is 18.2. The van der Waals surface area contributed by atoms with Gasteiger partial charge in [-0.15, -0.1) is 0 Å². The second-order valence-electron chi connectivity index (χ2n) is 14.5. The zero-order valence-corrected chi connectivity index (χ0v) is 31.8. The van der Waals surface area contributed by atoms with Crippen LogP contribution in [-0.2, 0) is 35.5 Å². The van der Waals surface area contributed by atoms with Crippen LogP contribution < -0.4 is 16.0 Å². The number of carbonyl (C=O) groups is 2. The van der Waals surface area contributed by atoms with E-state index in [-0.39, 0.29) is 16.7 Å². The van der Waals surface area contributed by atoms with E-state index in [2.05, 4.69) is 111 Å². The fourth-order valence-electron chi connectivity index (χ4n) is 6.79. The quantitative estimate of drug-likeness (QED) is 0.111. The predicted octanol–water partition coefficient (Wildman–Crippen LogP) is 8.78. The van der Waals surface area contributed by atoms with Gasteiger partial charge in [-0.25, -0.2) is 0 Å².